The fraction of sp³-hybridized carbons (Fsp3) is 0.421. The minimum absolute atomic E-state index is 0.124. The van der Waals surface area contributed by atoms with Crippen LogP contribution in [0.4, 0.5) is 0 Å². The maximum atomic E-state index is 8.88. The molecule has 0 amide bonds. The topological polar surface area (TPSA) is 41.8 Å². The maximum Gasteiger partial charge on any atom is 0.120 e. The summed E-state index contributed by atoms with van der Waals surface area (Å²) >= 11 is 1.54. The van der Waals surface area contributed by atoms with E-state index < -0.39 is 0 Å². The number of aliphatic hydroxyl groups excluding tert-OH is 1. The molecule has 122 valence electrons. The fourth-order valence-corrected chi connectivity index (χ4v) is 3.86. The van der Waals surface area contributed by atoms with E-state index >= 15 is 0 Å². The van der Waals surface area contributed by atoms with Gasteiger partial charge in [-0.3, -0.25) is 0 Å². The van der Waals surface area contributed by atoms with Crippen LogP contribution in [-0.4, -0.2) is 24.0 Å². The highest BCUT2D eigenvalue weighted by Gasteiger charge is 2.44. The van der Waals surface area contributed by atoms with E-state index in [1.807, 2.05) is 0 Å². The first-order valence-corrected chi connectivity index (χ1v) is 8.81. The summed E-state index contributed by atoms with van der Waals surface area (Å²) in [6, 6.07) is 4.20. The predicted molar refractivity (Wildman–Crippen MR) is 96.6 cm³/mol. The molecule has 1 N–H and O–H groups in total. The average molecular weight is 329 g/mol. The van der Waals surface area contributed by atoms with Crippen molar-refractivity contribution in [3.63, 3.8) is 0 Å². The normalized spacial score (nSPS) is 19.5. The molecule has 0 saturated carbocycles. The third kappa shape index (κ3) is 3.54. The molecule has 0 saturated heterocycles. The Bertz CT molecular complexity index is 702. The number of aliphatic hydroxyl groups is 1. The monoisotopic (exact) mass is 329 g/mol. The molecular formula is C19H23NO2S. The molecular weight excluding hydrogens is 306 g/mol. The molecule has 0 spiro atoms. The Hall–Kier alpha value is -1.52. The lowest BCUT2D eigenvalue weighted by Crippen LogP contribution is -1.99. The minimum atomic E-state index is 0.124. The van der Waals surface area contributed by atoms with Crippen molar-refractivity contribution in [3.8, 4) is 5.75 Å². The molecule has 0 atom stereocenters. The summed E-state index contributed by atoms with van der Waals surface area (Å²) in [5.41, 5.74) is 5.20. The van der Waals surface area contributed by atoms with Gasteiger partial charge < -0.3 is 9.84 Å². The van der Waals surface area contributed by atoms with E-state index in [1.165, 1.54) is 21.6 Å². The minimum Gasteiger partial charge on any atom is -0.493 e. The van der Waals surface area contributed by atoms with Gasteiger partial charge in [-0.2, -0.15) is 0 Å². The van der Waals surface area contributed by atoms with Crippen molar-refractivity contribution < 1.29 is 9.84 Å². The number of hydrogen-bond donors (Lipinski definition) is 1. The second-order valence-corrected chi connectivity index (χ2v) is 7.37. The molecule has 0 fully saturated rings. The Morgan fingerprint density at radius 3 is 2.91 bits per heavy atom. The molecule has 0 heterocycles. The van der Waals surface area contributed by atoms with E-state index in [9.17, 15) is 0 Å². The van der Waals surface area contributed by atoms with Crippen LogP contribution in [0.3, 0.4) is 0 Å². The summed E-state index contributed by atoms with van der Waals surface area (Å²) in [4.78, 5) is 1.18. The number of rotatable bonds is 6. The number of hydrogen-bond acceptors (Lipinski definition) is 4. The van der Waals surface area contributed by atoms with Crippen LogP contribution in [0.25, 0.3) is 0 Å². The lowest BCUT2D eigenvalue weighted by Gasteiger charge is -2.07. The molecule has 23 heavy (non-hydrogen) atoms. The Balaban J connectivity index is 1.78. The lowest BCUT2D eigenvalue weighted by molar-refractivity contribution is 0.233. The second-order valence-electron chi connectivity index (χ2n) is 6.56. The highest BCUT2D eigenvalue weighted by atomic mass is 32.2. The van der Waals surface area contributed by atoms with Crippen molar-refractivity contribution in [2.24, 2.45) is 4.40 Å². The molecule has 4 heteroatoms. The molecule has 1 aromatic carbocycles. The van der Waals surface area contributed by atoms with Gasteiger partial charge in [0.2, 0.25) is 0 Å². The summed E-state index contributed by atoms with van der Waals surface area (Å²) in [5.74, 6) is 0.876. The van der Waals surface area contributed by atoms with Gasteiger partial charge in [-0.05, 0) is 41.8 Å². The van der Waals surface area contributed by atoms with Crippen molar-refractivity contribution in [1.82, 2.24) is 0 Å². The van der Waals surface area contributed by atoms with Gasteiger partial charge >= 0.3 is 0 Å². The molecule has 0 aromatic heterocycles. The van der Waals surface area contributed by atoms with Gasteiger partial charge in [0, 0.05) is 41.7 Å². The first kappa shape index (κ1) is 16.3. The number of allylic oxidation sites excluding steroid dienone is 4. The van der Waals surface area contributed by atoms with Gasteiger partial charge in [0.25, 0.3) is 0 Å². The van der Waals surface area contributed by atoms with E-state index in [2.05, 4.69) is 51.1 Å². The van der Waals surface area contributed by atoms with Crippen LogP contribution in [0.2, 0.25) is 0 Å². The standard InChI is InChI=1S/C19H23NO2S/c1-13-6-4-7-14(10-13)20-23-17-12-15(22-9-5-8-21)11-16-18(17)19(16,2)3/h4,6,10-12,21H,5,7-9H2,1-3H3. The number of nitrogens with zero attached hydrogens (tertiary/aromatic N) is 1. The third-order valence-corrected chi connectivity index (χ3v) is 5.09. The van der Waals surface area contributed by atoms with Gasteiger partial charge in [-0.15, -0.1) is 0 Å². The van der Waals surface area contributed by atoms with Gasteiger partial charge in [-0.25, -0.2) is 4.40 Å². The van der Waals surface area contributed by atoms with Crippen LogP contribution >= 0.6 is 11.9 Å². The lowest BCUT2D eigenvalue weighted by atomic mass is 10.1. The molecule has 2 aliphatic carbocycles. The molecule has 0 radical (unpaired) electrons. The molecule has 0 bridgehead atoms. The number of fused-ring (bicyclic) bond motifs is 1. The van der Waals surface area contributed by atoms with Crippen LogP contribution in [-0.2, 0) is 5.41 Å². The second kappa shape index (κ2) is 6.54. The molecule has 1 aromatic rings. The smallest absolute Gasteiger partial charge is 0.120 e. The van der Waals surface area contributed by atoms with Crippen LogP contribution in [0.15, 0.2) is 45.2 Å². The SMILES string of the molecule is CC1=CC(=NSc2cc(OCCCO)cc3c2C3(C)C)CC=C1. The van der Waals surface area contributed by atoms with Gasteiger partial charge in [0.1, 0.15) is 5.75 Å². The molecule has 0 unspecified atom stereocenters. The van der Waals surface area contributed by atoms with Crippen LogP contribution in [0.5, 0.6) is 5.75 Å². The first-order chi connectivity index (χ1) is 11.0. The van der Waals surface area contributed by atoms with Crippen LogP contribution in [0, 0.1) is 0 Å². The van der Waals surface area contributed by atoms with E-state index in [4.69, 9.17) is 14.2 Å². The van der Waals surface area contributed by atoms with Crippen molar-refractivity contribution in [1.29, 1.82) is 0 Å². The van der Waals surface area contributed by atoms with Crippen LogP contribution in [0.1, 0.15) is 44.7 Å². The molecule has 0 aliphatic heterocycles. The fourth-order valence-electron chi connectivity index (χ4n) is 2.89. The summed E-state index contributed by atoms with van der Waals surface area (Å²) in [5, 5.41) is 8.88. The predicted octanol–water partition coefficient (Wildman–Crippen LogP) is 4.44. The summed E-state index contributed by atoms with van der Waals surface area (Å²) in [6.07, 6.45) is 7.96. The molecule has 3 nitrogen and oxygen atoms in total. The van der Waals surface area contributed by atoms with Crippen molar-refractivity contribution in [2.75, 3.05) is 13.2 Å². The molecule has 3 rings (SSSR count). The van der Waals surface area contributed by atoms with Crippen molar-refractivity contribution in [3.05, 3.63) is 47.1 Å². The first-order valence-electron chi connectivity index (χ1n) is 8.04. The quantitative estimate of drug-likeness (QED) is 0.619. The van der Waals surface area contributed by atoms with E-state index in [1.54, 1.807) is 11.9 Å². The highest BCUT2D eigenvalue weighted by molar-refractivity contribution is 7.98. The van der Waals surface area contributed by atoms with Gasteiger partial charge in [-0.1, -0.05) is 26.0 Å². The zero-order chi connectivity index (χ0) is 16.4. The summed E-state index contributed by atoms with van der Waals surface area (Å²) in [6.45, 7) is 7.27. The van der Waals surface area contributed by atoms with Crippen molar-refractivity contribution >= 4 is 17.7 Å². The van der Waals surface area contributed by atoms with E-state index in [0.717, 1.165) is 17.9 Å². The Kier molecular flexibility index (Phi) is 4.64. The highest BCUT2D eigenvalue weighted by Crippen LogP contribution is 2.55. The zero-order valence-corrected chi connectivity index (χ0v) is 14.7. The average Bonchev–Trinajstić information content (AvgIpc) is 3.07. The van der Waals surface area contributed by atoms with Gasteiger partial charge in [0.05, 0.1) is 12.3 Å². The Morgan fingerprint density at radius 1 is 1.35 bits per heavy atom. The van der Waals surface area contributed by atoms with Crippen LogP contribution < -0.4 is 4.74 Å². The zero-order valence-electron chi connectivity index (χ0n) is 13.9. The number of ether oxygens (including phenoxy) is 1. The van der Waals surface area contributed by atoms with Gasteiger partial charge in [0.15, 0.2) is 0 Å². The Morgan fingerprint density at radius 2 is 2.17 bits per heavy atom. The largest absolute Gasteiger partial charge is 0.493 e. The summed E-state index contributed by atoms with van der Waals surface area (Å²) < 4.78 is 10.5. The van der Waals surface area contributed by atoms with E-state index in [-0.39, 0.29) is 12.0 Å². The summed E-state index contributed by atoms with van der Waals surface area (Å²) in [7, 11) is 0. The number of benzene rings is 1. The Labute approximate surface area is 142 Å². The maximum absolute atomic E-state index is 8.88. The molecule has 2 aliphatic rings. The third-order valence-electron chi connectivity index (χ3n) is 4.25. The van der Waals surface area contributed by atoms with E-state index in [0.29, 0.717) is 13.0 Å². The van der Waals surface area contributed by atoms with Crippen molar-refractivity contribution in [2.45, 2.75) is 43.9 Å².